The van der Waals surface area contributed by atoms with Gasteiger partial charge in [0, 0.05) is 123 Å². The number of nitrogens with zero attached hydrogens (tertiary/aromatic N) is 1. The van der Waals surface area contributed by atoms with Crippen molar-refractivity contribution in [2.24, 2.45) is 0 Å². The van der Waals surface area contributed by atoms with Crippen LogP contribution in [0, 0.1) is 10.1 Å². The van der Waals surface area contributed by atoms with Gasteiger partial charge in [0.15, 0.2) is 86.2 Å². The Bertz CT molecular complexity index is 3620. The van der Waals surface area contributed by atoms with Crippen LogP contribution in [0.2, 0.25) is 0 Å². The predicted octanol–water partition coefficient (Wildman–Crippen LogP) is -0.797. The van der Waals surface area contributed by atoms with E-state index >= 15 is 0 Å². The molecule has 0 amide bonds. The normalized spacial score (nSPS) is 31.2. The highest BCUT2D eigenvalue weighted by atomic mass is 16.8. The van der Waals surface area contributed by atoms with E-state index in [0.29, 0.717) is 0 Å². The molecule has 113 heavy (non-hydrogen) atoms. The summed E-state index contributed by atoms with van der Waals surface area (Å²) in [6.45, 7) is 9.73. The summed E-state index contributed by atoms with van der Waals surface area (Å²) in [5.41, 5.74) is -0.385. The van der Waals surface area contributed by atoms with Crippen LogP contribution in [0.3, 0.4) is 0 Å². The van der Waals surface area contributed by atoms with E-state index in [1.807, 2.05) is 0 Å². The zero-order chi connectivity index (χ0) is 84.2. The highest BCUT2D eigenvalue weighted by molar-refractivity contribution is 5.72. The highest BCUT2D eigenvalue weighted by Gasteiger charge is 2.63. The number of non-ortho nitro benzene ring substituents is 1. The fourth-order valence-corrected chi connectivity index (χ4v) is 12.2. The van der Waals surface area contributed by atoms with Gasteiger partial charge in [-0.05, 0) is 12.1 Å². The number of benzene rings is 1. The summed E-state index contributed by atoms with van der Waals surface area (Å²) in [5.74, 6) is -17.9. The topological polar surface area (TPSA) is 556 Å². The molecule has 5 fully saturated rings. The van der Waals surface area contributed by atoms with Crippen molar-refractivity contribution in [3.05, 3.63) is 34.4 Å². The monoisotopic (exact) mass is 1620 g/mol. The summed E-state index contributed by atoms with van der Waals surface area (Å²) in [7, 11) is 0. The Hall–Kier alpha value is -10.4. The molecule has 0 N–H and O–H groups in total. The second kappa shape index (κ2) is 41.9. The lowest BCUT2D eigenvalue weighted by molar-refractivity contribution is -0.392. The Balaban J connectivity index is 1.52. The number of ether oxygens (including phenoxy) is 26. The second-order valence-corrected chi connectivity index (χ2v) is 25.3. The molecule has 0 unspecified atom stereocenters. The quantitative estimate of drug-likeness (QED) is 0.0369. The number of rotatable bonds is 32. The largest absolute Gasteiger partial charge is 0.463 e. The van der Waals surface area contributed by atoms with Crippen LogP contribution in [0.25, 0.3) is 0 Å². The van der Waals surface area contributed by atoms with Crippen LogP contribution < -0.4 is 4.74 Å². The van der Waals surface area contributed by atoms with Crippen LogP contribution in [-0.4, -0.2) is 287 Å². The Kier molecular flexibility index (Phi) is 33.9. The van der Waals surface area contributed by atoms with Gasteiger partial charge in [0.05, 0.1) is 4.92 Å². The van der Waals surface area contributed by atoms with Crippen molar-refractivity contribution in [3.63, 3.8) is 0 Å². The average Bonchev–Trinajstić information content (AvgIpc) is 0.760. The number of carbonyl (C=O) groups excluding carboxylic acids is 16. The first kappa shape index (κ1) is 91.5. The van der Waals surface area contributed by atoms with Crippen LogP contribution in [0.4, 0.5) is 5.69 Å². The van der Waals surface area contributed by atoms with Gasteiger partial charge in [-0.2, -0.15) is 0 Å². The molecule has 5 aliphatic heterocycles. The number of nitro groups is 1. The molecule has 1 aromatic rings. The maximum atomic E-state index is 13.7. The Labute approximate surface area is 641 Å². The third kappa shape index (κ3) is 27.2. The minimum Gasteiger partial charge on any atom is -0.463 e. The first-order valence-corrected chi connectivity index (χ1v) is 34.4. The maximum absolute atomic E-state index is 13.7. The van der Waals surface area contributed by atoms with E-state index in [4.69, 9.17) is 123 Å². The summed E-state index contributed by atoms with van der Waals surface area (Å²) in [5, 5.41) is 11.5. The summed E-state index contributed by atoms with van der Waals surface area (Å²) in [6, 6.07) is 4.34. The molecule has 0 saturated carbocycles. The summed E-state index contributed by atoms with van der Waals surface area (Å²) >= 11 is 0. The molecule has 5 saturated heterocycles. The molecule has 0 bridgehead atoms. The van der Waals surface area contributed by atoms with Crippen molar-refractivity contribution in [3.8, 4) is 5.75 Å². The number of esters is 16. The molecule has 6 rings (SSSR count). The Morgan fingerprint density at radius 1 is 0.257 bits per heavy atom. The zero-order valence-corrected chi connectivity index (χ0v) is 63.7. The third-order valence-corrected chi connectivity index (χ3v) is 16.0. The standard InChI is InChI=1S/C68H87NO44/c1-26(70)88-21-44-49(93-31(6)75)54(94-32(7)76)60(100-38(13)82)65(106-44)111-51-46(23-90-28(3)72)108-67(62(102-40(15)84)56(51)96-34(9)78)113-53-48(25-92-30(5)74)109-68(63(103-41(16)85)58(53)98-36(11)80)112-52-47(24-91-29(4)73)107-66(61(101-39(14)83)57(52)97-35(10)79)110-50-45(22-89-27(2)71)105-64(59(99-37(12)81)55(50)95-33(8)77)104-43-19-17-42(18-20-43)69(86)87/h17-20,44-68H,21-25H2,1-16H3/t44-,45-,46-,47-,48-,49-,50-,51-,52-,53-,54-,55+,56+,57+,58+,59-,60-,61-,62-,63-,64-,65+,66+,67+,68+/m1/s1. The minimum absolute atomic E-state index is 0.164. The fraction of sp³-hybridized carbons (Fsp3) is 0.676. The lowest BCUT2D eigenvalue weighted by atomic mass is 9.94. The molecule has 5 heterocycles. The summed E-state index contributed by atoms with van der Waals surface area (Å²) < 4.78 is 154. The lowest BCUT2D eigenvalue weighted by Gasteiger charge is -2.51. The molecule has 5 aliphatic rings. The van der Waals surface area contributed by atoms with Gasteiger partial charge >= 0.3 is 95.5 Å². The number of nitro benzene ring substituents is 1. The molecular formula is C68H87NO44. The van der Waals surface area contributed by atoms with Gasteiger partial charge in [-0.1, -0.05) is 0 Å². The number of hydrogen-bond donors (Lipinski definition) is 0. The molecule has 0 aliphatic carbocycles. The van der Waals surface area contributed by atoms with Gasteiger partial charge in [-0.3, -0.25) is 86.8 Å². The predicted molar refractivity (Wildman–Crippen MR) is 351 cm³/mol. The van der Waals surface area contributed by atoms with Gasteiger partial charge in [0.2, 0.25) is 12.4 Å². The highest BCUT2D eigenvalue weighted by Crippen LogP contribution is 2.42. The zero-order valence-electron chi connectivity index (χ0n) is 63.7. The van der Waals surface area contributed by atoms with Crippen molar-refractivity contribution >= 4 is 101 Å². The fourth-order valence-electron chi connectivity index (χ4n) is 12.2. The second-order valence-electron chi connectivity index (χ2n) is 25.3. The molecule has 45 heteroatoms. The van der Waals surface area contributed by atoms with E-state index in [9.17, 15) is 86.8 Å². The molecule has 0 aromatic heterocycles. The van der Waals surface area contributed by atoms with Crippen molar-refractivity contribution in [1.29, 1.82) is 0 Å². The summed E-state index contributed by atoms with van der Waals surface area (Å²) in [4.78, 5) is 220. The number of hydrogen-bond acceptors (Lipinski definition) is 44. The van der Waals surface area contributed by atoms with Crippen molar-refractivity contribution in [2.75, 3.05) is 33.0 Å². The molecule has 628 valence electrons. The first-order chi connectivity index (χ1) is 53.0. The molecular weight excluding hydrogens is 1530 g/mol. The van der Waals surface area contributed by atoms with Gasteiger partial charge < -0.3 is 123 Å². The Morgan fingerprint density at radius 3 is 0.637 bits per heavy atom. The minimum atomic E-state index is -2.36. The molecule has 25 atom stereocenters. The van der Waals surface area contributed by atoms with Crippen LogP contribution in [0.15, 0.2) is 24.3 Å². The van der Waals surface area contributed by atoms with Crippen LogP contribution in [0.5, 0.6) is 5.75 Å². The molecule has 0 radical (unpaired) electrons. The van der Waals surface area contributed by atoms with E-state index in [1.165, 1.54) is 0 Å². The van der Waals surface area contributed by atoms with Gasteiger partial charge in [0.1, 0.15) is 93.7 Å². The number of carbonyl (C=O) groups is 16. The molecule has 0 spiro atoms. The van der Waals surface area contributed by atoms with E-state index in [2.05, 4.69) is 0 Å². The summed E-state index contributed by atoms with van der Waals surface area (Å²) in [6.07, 6.45) is -51.8. The lowest BCUT2D eigenvalue weighted by Crippen LogP contribution is -2.70. The van der Waals surface area contributed by atoms with E-state index in [1.54, 1.807) is 0 Å². The third-order valence-electron chi connectivity index (χ3n) is 16.0. The van der Waals surface area contributed by atoms with Gasteiger partial charge in [0.25, 0.3) is 5.69 Å². The first-order valence-electron chi connectivity index (χ1n) is 34.4. The molecule has 1 aromatic carbocycles. The molecule has 45 nitrogen and oxygen atoms in total. The van der Waals surface area contributed by atoms with Crippen molar-refractivity contribution in [2.45, 2.75) is 264 Å². The van der Waals surface area contributed by atoms with Crippen LogP contribution in [-0.2, 0) is 195 Å². The van der Waals surface area contributed by atoms with E-state index < -0.39 is 287 Å². The van der Waals surface area contributed by atoms with E-state index in [0.717, 1.165) is 135 Å². The Morgan fingerprint density at radius 2 is 0.434 bits per heavy atom. The van der Waals surface area contributed by atoms with Crippen LogP contribution in [0.1, 0.15) is 111 Å². The van der Waals surface area contributed by atoms with Crippen LogP contribution >= 0.6 is 0 Å². The van der Waals surface area contributed by atoms with Crippen molar-refractivity contribution in [1.82, 2.24) is 0 Å². The smallest absolute Gasteiger partial charge is 0.303 e. The maximum Gasteiger partial charge on any atom is 0.303 e. The van der Waals surface area contributed by atoms with Gasteiger partial charge in [-0.15, -0.1) is 0 Å². The average molecular weight is 1620 g/mol. The van der Waals surface area contributed by atoms with Gasteiger partial charge in [-0.25, -0.2) is 0 Å². The van der Waals surface area contributed by atoms with Crippen molar-refractivity contribution < 1.29 is 205 Å². The SMILES string of the molecule is CC(=O)OC[C@H]1O[C@@H](Oc2ccc([N+](=O)[O-])cc2)[C@H](OC(C)=O)[C@@H](OC(C)=O)[C@@H]1O[C@@H]1O[C@H](COC(C)=O)[C@@H](O[C@@H]2O[C@H](COC(C)=O)[C@@H](O[C@@H]3O[C@H](COC(C)=O)[C@@H](O[C@@H]4O[C@H](COC(C)=O)[C@@H](OC(C)=O)[C@@H](OC(C)=O)[C@H]4OC(C)=O)[C@H](OC(C)=O)[C@H]3OC(C)=O)[C@H](OC(C)=O)[C@H]2OC(C)=O)[C@H](OC(C)=O)[C@H]1OC(C)=O. The van der Waals surface area contributed by atoms with E-state index in [-0.39, 0.29) is 11.4 Å².